The minimum atomic E-state index is -0.535. The highest BCUT2D eigenvalue weighted by atomic mass is 79.9. The van der Waals surface area contributed by atoms with Gasteiger partial charge in [0, 0.05) is 14.4 Å². The van der Waals surface area contributed by atoms with Gasteiger partial charge in [0.15, 0.2) is 0 Å². The maximum Gasteiger partial charge on any atom is 0.313 e. The first-order valence-electron chi connectivity index (χ1n) is 22.9. The van der Waals surface area contributed by atoms with E-state index in [1.54, 1.807) is 0 Å². The third-order valence-electron chi connectivity index (χ3n) is 17.5. The van der Waals surface area contributed by atoms with Crippen LogP contribution in [-0.4, -0.2) is 53.8 Å². The van der Waals surface area contributed by atoms with E-state index >= 15 is 0 Å². The third-order valence-corrected chi connectivity index (χ3v) is 18.5. The number of carbonyl (C=O) groups excluding carboxylic acids is 1. The maximum atomic E-state index is 14.7. The van der Waals surface area contributed by atoms with Crippen LogP contribution < -0.4 is 0 Å². The monoisotopic (exact) mass is 970 g/mol. The molecule has 10 nitrogen and oxygen atoms in total. The fourth-order valence-electron chi connectivity index (χ4n) is 13.9. The van der Waals surface area contributed by atoms with Crippen molar-refractivity contribution in [2.75, 3.05) is 6.61 Å². The predicted molar refractivity (Wildman–Crippen MR) is 245 cm³/mol. The summed E-state index contributed by atoms with van der Waals surface area (Å²) in [5.41, 5.74) is 4.54. The molecule has 9 rings (SSSR count). The SMILES string of the molecule is CC1(C)CC[C@]2(C(=O)OCc3cn(Cc4cccc(Br)c4)nn3)CC[C@]3(C)C(=CC[C@@H]4[C@@]5(C)CC[C@H](O)[C@@](C)(COCc6cn(Cc7cccc(Br)c7)nn6)[C@@H]5CC[C@]43C)[C@@H]2C1. The Kier molecular flexibility index (Phi) is 11.6. The summed E-state index contributed by atoms with van der Waals surface area (Å²) in [6.45, 7) is 17.0. The van der Waals surface area contributed by atoms with Gasteiger partial charge in [0.1, 0.15) is 18.0 Å². The van der Waals surface area contributed by atoms with Crippen molar-refractivity contribution in [3.63, 3.8) is 0 Å². The van der Waals surface area contributed by atoms with Crippen molar-refractivity contribution >= 4 is 37.8 Å². The van der Waals surface area contributed by atoms with Crippen molar-refractivity contribution in [1.29, 1.82) is 0 Å². The average Bonchev–Trinajstić information content (AvgIpc) is 3.87. The smallest absolute Gasteiger partial charge is 0.313 e. The molecule has 9 atom stereocenters. The quantitative estimate of drug-likeness (QED) is 0.117. The number of fused-ring (bicyclic) bond motifs is 7. The van der Waals surface area contributed by atoms with Crippen molar-refractivity contribution in [3.05, 3.63) is 104 Å². The van der Waals surface area contributed by atoms with Crippen LogP contribution in [0.25, 0.3) is 0 Å². The van der Waals surface area contributed by atoms with Crippen LogP contribution in [0.1, 0.15) is 128 Å². The first-order valence-corrected chi connectivity index (χ1v) is 24.5. The zero-order valence-corrected chi connectivity index (χ0v) is 40.6. The number of hydrogen-bond acceptors (Lipinski definition) is 8. The second-order valence-corrected chi connectivity index (χ2v) is 23.4. The predicted octanol–water partition coefficient (Wildman–Crippen LogP) is 10.9. The number of aliphatic hydroxyl groups is 1. The summed E-state index contributed by atoms with van der Waals surface area (Å²) in [5, 5.41) is 29.4. The van der Waals surface area contributed by atoms with Gasteiger partial charge in [-0.05, 0) is 139 Å². The minimum absolute atomic E-state index is 0.0362. The van der Waals surface area contributed by atoms with Crippen molar-refractivity contribution < 1.29 is 19.4 Å². The number of hydrogen-bond donors (Lipinski definition) is 1. The van der Waals surface area contributed by atoms with Crippen LogP contribution in [0.15, 0.2) is 81.5 Å². The molecule has 12 heteroatoms. The van der Waals surface area contributed by atoms with E-state index in [1.165, 1.54) is 5.57 Å². The molecule has 4 fully saturated rings. The number of esters is 1. The van der Waals surface area contributed by atoms with Gasteiger partial charge in [-0.1, -0.05) is 120 Å². The Labute approximate surface area is 384 Å². The lowest BCUT2D eigenvalue weighted by Gasteiger charge is -2.71. The average molecular weight is 973 g/mol. The molecule has 5 aliphatic rings. The maximum absolute atomic E-state index is 14.7. The van der Waals surface area contributed by atoms with Crippen LogP contribution >= 0.6 is 31.9 Å². The molecule has 5 aliphatic carbocycles. The van der Waals surface area contributed by atoms with Crippen LogP contribution in [0, 0.1) is 50.2 Å². The molecule has 332 valence electrons. The molecule has 0 bridgehead atoms. The summed E-state index contributed by atoms with van der Waals surface area (Å²) in [5.74, 6) is 0.867. The van der Waals surface area contributed by atoms with E-state index in [9.17, 15) is 9.90 Å². The highest BCUT2D eigenvalue weighted by Crippen LogP contribution is 2.76. The molecular weight excluding hydrogens is 908 g/mol. The van der Waals surface area contributed by atoms with E-state index in [1.807, 2.05) is 46.0 Å². The van der Waals surface area contributed by atoms with Gasteiger partial charge in [0.2, 0.25) is 0 Å². The van der Waals surface area contributed by atoms with Gasteiger partial charge in [-0.15, -0.1) is 10.2 Å². The largest absolute Gasteiger partial charge is 0.459 e. The fourth-order valence-corrected chi connectivity index (χ4v) is 14.8. The first kappa shape index (κ1) is 44.0. The molecule has 4 saturated carbocycles. The van der Waals surface area contributed by atoms with Gasteiger partial charge >= 0.3 is 5.97 Å². The molecule has 2 aromatic carbocycles. The van der Waals surface area contributed by atoms with Crippen molar-refractivity contribution in [3.8, 4) is 0 Å². The molecule has 62 heavy (non-hydrogen) atoms. The lowest BCUT2D eigenvalue weighted by atomic mass is 9.33. The van der Waals surface area contributed by atoms with E-state index in [4.69, 9.17) is 9.47 Å². The summed E-state index contributed by atoms with van der Waals surface area (Å²) in [6, 6.07) is 16.4. The number of benzene rings is 2. The Morgan fingerprint density at radius 2 is 1.42 bits per heavy atom. The van der Waals surface area contributed by atoms with Crippen LogP contribution in [0.3, 0.4) is 0 Å². The number of allylic oxidation sites excluding steroid dienone is 2. The van der Waals surface area contributed by atoms with Crippen molar-refractivity contribution in [1.82, 2.24) is 30.0 Å². The van der Waals surface area contributed by atoms with E-state index in [0.29, 0.717) is 43.8 Å². The summed E-state index contributed by atoms with van der Waals surface area (Å²) in [4.78, 5) is 14.7. The van der Waals surface area contributed by atoms with Gasteiger partial charge in [-0.3, -0.25) is 4.79 Å². The van der Waals surface area contributed by atoms with E-state index in [2.05, 4.69) is 124 Å². The Bertz CT molecular complexity index is 2340. The molecule has 2 aromatic heterocycles. The van der Waals surface area contributed by atoms with Gasteiger partial charge in [-0.2, -0.15) is 0 Å². The van der Waals surface area contributed by atoms with Crippen molar-refractivity contribution in [2.45, 2.75) is 138 Å². The number of aliphatic hydroxyl groups excluding tert-OH is 1. The number of rotatable bonds is 11. The highest BCUT2D eigenvalue weighted by Gasteiger charge is 2.70. The number of carbonyl (C=O) groups is 1. The van der Waals surface area contributed by atoms with Crippen molar-refractivity contribution in [2.24, 2.45) is 50.2 Å². The molecule has 1 N–H and O–H groups in total. The summed E-state index contributed by atoms with van der Waals surface area (Å²) in [6.07, 6.45) is 15.7. The molecule has 2 heterocycles. The van der Waals surface area contributed by atoms with Gasteiger partial charge in [0.05, 0.1) is 50.2 Å². The minimum Gasteiger partial charge on any atom is -0.459 e. The Hall–Kier alpha value is -3.19. The number of aromatic nitrogens is 6. The van der Waals surface area contributed by atoms with E-state index in [0.717, 1.165) is 90.0 Å². The number of halogens is 2. The first-order chi connectivity index (χ1) is 29.5. The van der Waals surface area contributed by atoms with Gasteiger partial charge < -0.3 is 14.6 Å². The fraction of sp³-hybridized carbons (Fsp3) is 0.620. The summed E-state index contributed by atoms with van der Waals surface area (Å²) in [7, 11) is 0. The Morgan fingerprint density at radius 3 is 2.06 bits per heavy atom. The Balaban J connectivity index is 0.912. The molecular formula is C50H64Br2N6O4. The molecule has 0 saturated heterocycles. The second kappa shape index (κ2) is 16.4. The zero-order chi connectivity index (χ0) is 43.7. The number of nitrogens with zero attached hydrogens (tertiary/aromatic N) is 6. The molecule has 4 aromatic rings. The van der Waals surface area contributed by atoms with E-state index in [-0.39, 0.29) is 45.6 Å². The Morgan fingerprint density at radius 1 is 0.790 bits per heavy atom. The number of ether oxygens (including phenoxy) is 2. The van der Waals surface area contributed by atoms with Crippen LogP contribution in [0.5, 0.6) is 0 Å². The molecule has 0 aliphatic heterocycles. The topological polar surface area (TPSA) is 117 Å². The normalized spacial score (nSPS) is 34.9. The lowest BCUT2D eigenvalue weighted by Crippen LogP contribution is -2.66. The standard InChI is InChI=1S/C50H64Br2N6O4/c1-45(2)19-21-50(44(60)62-31-38-29-58(56-54-38)27-34-10-8-12-36(52)24-34)22-20-48(5)39(40(50)25-45)13-14-42-46(3)17-16-43(59)47(4,41(46)15-18-49(42,48)6)32-61-30-37-28-57(55-53-37)26-33-9-7-11-35(51)23-33/h7-13,23-24,28-29,40-43,59H,14-22,25-27,30-32H2,1-6H3/t40-,41+,42+,43-,46-,47-,48+,49+,50-/m0/s1. The van der Waals surface area contributed by atoms with Gasteiger partial charge in [-0.25, -0.2) is 9.36 Å². The van der Waals surface area contributed by atoms with Crippen LogP contribution in [-0.2, 0) is 40.6 Å². The summed E-state index contributed by atoms with van der Waals surface area (Å²) >= 11 is 7.12. The molecule has 0 amide bonds. The van der Waals surface area contributed by atoms with E-state index < -0.39 is 11.5 Å². The zero-order valence-electron chi connectivity index (χ0n) is 37.4. The third kappa shape index (κ3) is 7.68. The summed E-state index contributed by atoms with van der Waals surface area (Å²) < 4.78 is 18.5. The van der Waals surface area contributed by atoms with Crippen LogP contribution in [0.4, 0.5) is 0 Å². The molecule has 0 unspecified atom stereocenters. The van der Waals surface area contributed by atoms with Crippen LogP contribution in [0.2, 0.25) is 0 Å². The second-order valence-electron chi connectivity index (χ2n) is 21.6. The highest BCUT2D eigenvalue weighted by molar-refractivity contribution is 9.10. The van der Waals surface area contributed by atoms with Gasteiger partial charge in [0.25, 0.3) is 0 Å². The lowest BCUT2D eigenvalue weighted by molar-refractivity contribution is -0.221. The molecule has 0 radical (unpaired) electrons. The molecule has 0 spiro atoms.